The molecule has 0 aliphatic heterocycles. The highest BCUT2D eigenvalue weighted by Gasteiger charge is 2.24. The highest BCUT2D eigenvalue weighted by molar-refractivity contribution is 5.66. The maximum absolute atomic E-state index is 10.8. The predicted octanol–water partition coefficient (Wildman–Crippen LogP) is 2.48. The van der Waals surface area contributed by atoms with E-state index in [1.54, 1.807) is 6.08 Å². The Labute approximate surface area is 89.6 Å². The minimum Gasteiger partial charge on any atom is -0.489 e. The molecule has 0 amide bonds. The quantitative estimate of drug-likeness (QED) is 0.554. The van der Waals surface area contributed by atoms with Crippen molar-refractivity contribution in [1.82, 2.24) is 0 Å². The van der Waals surface area contributed by atoms with Crippen molar-refractivity contribution in [3.63, 3.8) is 0 Å². The van der Waals surface area contributed by atoms with Gasteiger partial charge in [0.2, 0.25) is 0 Å². The molecule has 2 rings (SSSR count). The molecule has 0 N–H and O–H groups in total. The van der Waals surface area contributed by atoms with Crippen LogP contribution in [0.2, 0.25) is 0 Å². The van der Waals surface area contributed by atoms with Gasteiger partial charge in [-0.2, -0.15) is 0 Å². The lowest BCUT2D eigenvalue weighted by atomic mass is 10.0. The summed E-state index contributed by atoms with van der Waals surface area (Å²) in [5, 5.41) is 0. The van der Waals surface area contributed by atoms with Crippen LogP contribution in [0.4, 0.5) is 0 Å². The molecule has 15 heavy (non-hydrogen) atoms. The molecular weight excluding hydrogens is 188 g/mol. The summed E-state index contributed by atoms with van der Waals surface area (Å²) in [5.41, 5.74) is 2.32. The van der Waals surface area contributed by atoms with E-state index in [0.717, 1.165) is 30.4 Å². The van der Waals surface area contributed by atoms with Crippen LogP contribution in [0.5, 0.6) is 5.75 Å². The maximum atomic E-state index is 10.8. The monoisotopic (exact) mass is 202 g/mol. The first-order chi connectivity index (χ1) is 7.36. The number of carbonyl (C=O) groups is 1. The third-order valence-electron chi connectivity index (χ3n) is 2.80. The first-order valence-electron chi connectivity index (χ1n) is 5.17. The van der Waals surface area contributed by atoms with Gasteiger partial charge in [-0.3, -0.25) is 0 Å². The van der Waals surface area contributed by atoms with Crippen molar-refractivity contribution in [2.45, 2.75) is 18.8 Å². The summed E-state index contributed by atoms with van der Waals surface area (Å²) < 4.78 is 5.56. The van der Waals surface area contributed by atoms with Gasteiger partial charge in [-0.1, -0.05) is 24.8 Å². The van der Waals surface area contributed by atoms with Crippen LogP contribution in [0.25, 0.3) is 0 Å². The number of rotatable bonds is 4. The van der Waals surface area contributed by atoms with Crippen molar-refractivity contribution in [3.05, 3.63) is 42.0 Å². The van der Waals surface area contributed by atoms with E-state index in [0.29, 0.717) is 6.61 Å². The molecule has 0 saturated carbocycles. The van der Waals surface area contributed by atoms with Crippen LogP contribution in [0, 0.1) is 0 Å². The molecule has 1 unspecified atom stereocenters. The summed E-state index contributed by atoms with van der Waals surface area (Å²) >= 11 is 0. The van der Waals surface area contributed by atoms with Gasteiger partial charge >= 0.3 is 0 Å². The third-order valence-corrected chi connectivity index (χ3v) is 2.80. The molecule has 1 aromatic carbocycles. The smallest absolute Gasteiger partial charge is 0.127 e. The van der Waals surface area contributed by atoms with Gasteiger partial charge in [0.05, 0.1) is 0 Å². The Morgan fingerprint density at radius 1 is 1.53 bits per heavy atom. The zero-order chi connectivity index (χ0) is 10.7. The lowest BCUT2D eigenvalue weighted by Gasteiger charge is -2.09. The highest BCUT2D eigenvalue weighted by Crippen LogP contribution is 2.37. The molecule has 0 aromatic heterocycles. The molecule has 1 aromatic rings. The standard InChI is InChI=1S/C13H14O2/c1-2-8-15-13-5-3-4-11-10(9-14)6-7-12(11)13/h2-5,9-10H,1,6-8H2. The molecule has 0 radical (unpaired) electrons. The van der Waals surface area contributed by atoms with Crippen molar-refractivity contribution in [1.29, 1.82) is 0 Å². The van der Waals surface area contributed by atoms with E-state index in [1.165, 1.54) is 5.56 Å². The predicted molar refractivity (Wildman–Crippen MR) is 59.3 cm³/mol. The lowest BCUT2D eigenvalue weighted by Crippen LogP contribution is -1.98. The Bertz CT molecular complexity index is 382. The number of hydrogen-bond acceptors (Lipinski definition) is 2. The normalized spacial score (nSPS) is 18.3. The third kappa shape index (κ3) is 1.80. The van der Waals surface area contributed by atoms with Crippen LogP contribution in [0.15, 0.2) is 30.9 Å². The molecule has 0 saturated heterocycles. The first-order valence-corrected chi connectivity index (χ1v) is 5.17. The number of ether oxygens (including phenoxy) is 1. The van der Waals surface area contributed by atoms with Gasteiger partial charge in [0.15, 0.2) is 0 Å². The second-order valence-corrected chi connectivity index (χ2v) is 3.70. The summed E-state index contributed by atoms with van der Waals surface area (Å²) in [6.45, 7) is 4.14. The second kappa shape index (κ2) is 4.30. The van der Waals surface area contributed by atoms with Gasteiger partial charge < -0.3 is 9.53 Å². The van der Waals surface area contributed by atoms with Crippen LogP contribution < -0.4 is 4.74 Å². The van der Waals surface area contributed by atoms with Crippen molar-refractivity contribution in [2.24, 2.45) is 0 Å². The minimum absolute atomic E-state index is 0.0623. The molecule has 78 valence electrons. The number of fused-ring (bicyclic) bond motifs is 1. The summed E-state index contributed by atoms with van der Waals surface area (Å²) in [6, 6.07) is 5.91. The van der Waals surface area contributed by atoms with E-state index in [1.807, 2.05) is 18.2 Å². The average molecular weight is 202 g/mol. The van der Waals surface area contributed by atoms with Crippen LogP contribution in [-0.2, 0) is 11.2 Å². The number of hydrogen-bond donors (Lipinski definition) is 0. The Balaban J connectivity index is 2.31. The van der Waals surface area contributed by atoms with E-state index in [-0.39, 0.29) is 5.92 Å². The topological polar surface area (TPSA) is 26.3 Å². The minimum atomic E-state index is 0.0623. The van der Waals surface area contributed by atoms with Crippen LogP contribution in [0.3, 0.4) is 0 Å². The first kappa shape index (κ1) is 9.97. The van der Waals surface area contributed by atoms with Crippen LogP contribution >= 0.6 is 0 Å². The molecule has 0 bridgehead atoms. The molecule has 0 heterocycles. The summed E-state index contributed by atoms with van der Waals surface area (Å²) in [4.78, 5) is 10.8. The van der Waals surface area contributed by atoms with Gasteiger partial charge in [-0.15, -0.1) is 0 Å². The second-order valence-electron chi connectivity index (χ2n) is 3.70. The van der Waals surface area contributed by atoms with E-state index < -0.39 is 0 Å². The molecule has 1 atom stereocenters. The Morgan fingerprint density at radius 3 is 3.13 bits per heavy atom. The fourth-order valence-electron chi connectivity index (χ4n) is 2.08. The van der Waals surface area contributed by atoms with Crippen molar-refractivity contribution >= 4 is 6.29 Å². The Hall–Kier alpha value is -1.57. The lowest BCUT2D eigenvalue weighted by molar-refractivity contribution is -0.109. The fourth-order valence-corrected chi connectivity index (χ4v) is 2.08. The van der Waals surface area contributed by atoms with E-state index in [2.05, 4.69) is 6.58 Å². The van der Waals surface area contributed by atoms with Crippen LogP contribution in [0.1, 0.15) is 23.5 Å². The van der Waals surface area contributed by atoms with E-state index in [9.17, 15) is 4.79 Å². The molecule has 1 aliphatic carbocycles. The zero-order valence-electron chi connectivity index (χ0n) is 8.61. The van der Waals surface area contributed by atoms with Gasteiger partial charge in [0, 0.05) is 5.92 Å². The average Bonchev–Trinajstić information content (AvgIpc) is 2.69. The number of aldehydes is 1. The maximum Gasteiger partial charge on any atom is 0.127 e. The molecule has 2 nitrogen and oxygen atoms in total. The highest BCUT2D eigenvalue weighted by atomic mass is 16.5. The summed E-state index contributed by atoms with van der Waals surface area (Å²) in [7, 11) is 0. The van der Waals surface area contributed by atoms with E-state index in [4.69, 9.17) is 4.74 Å². The van der Waals surface area contributed by atoms with Gasteiger partial charge in [0.1, 0.15) is 18.6 Å². The van der Waals surface area contributed by atoms with Gasteiger partial charge in [0.25, 0.3) is 0 Å². The molecule has 0 spiro atoms. The van der Waals surface area contributed by atoms with Gasteiger partial charge in [-0.25, -0.2) is 0 Å². The van der Waals surface area contributed by atoms with E-state index >= 15 is 0 Å². The number of benzene rings is 1. The fraction of sp³-hybridized carbons (Fsp3) is 0.308. The van der Waals surface area contributed by atoms with Crippen LogP contribution in [-0.4, -0.2) is 12.9 Å². The Morgan fingerprint density at radius 2 is 2.40 bits per heavy atom. The Kier molecular flexibility index (Phi) is 2.86. The molecule has 1 aliphatic rings. The van der Waals surface area contributed by atoms with Crippen molar-refractivity contribution in [3.8, 4) is 5.75 Å². The zero-order valence-corrected chi connectivity index (χ0v) is 8.61. The molecular formula is C13H14O2. The van der Waals surface area contributed by atoms with Crippen molar-refractivity contribution < 1.29 is 9.53 Å². The van der Waals surface area contributed by atoms with Gasteiger partial charge in [-0.05, 0) is 30.0 Å². The SMILES string of the molecule is C=CCOc1cccc2c1CCC2C=O. The largest absolute Gasteiger partial charge is 0.489 e. The number of carbonyl (C=O) groups excluding carboxylic acids is 1. The summed E-state index contributed by atoms with van der Waals surface area (Å²) in [5.74, 6) is 0.962. The molecule has 0 fully saturated rings. The molecule has 2 heteroatoms. The summed E-state index contributed by atoms with van der Waals surface area (Å²) in [6.07, 6.45) is 4.61. The van der Waals surface area contributed by atoms with Crippen molar-refractivity contribution in [2.75, 3.05) is 6.61 Å².